The summed E-state index contributed by atoms with van der Waals surface area (Å²) in [5.74, 6) is 0.777. The van der Waals surface area contributed by atoms with Crippen molar-refractivity contribution in [3.05, 3.63) is 57.3 Å². The lowest BCUT2D eigenvalue weighted by molar-refractivity contribution is 0.0299. The molecule has 2 aromatic rings. The van der Waals surface area contributed by atoms with Crippen LogP contribution in [0.1, 0.15) is 23.6 Å². The van der Waals surface area contributed by atoms with Crippen molar-refractivity contribution in [1.82, 2.24) is 0 Å². The molecule has 0 aromatic heterocycles. The lowest BCUT2D eigenvalue weighted by Gasteiger charge is -2.21. The van der Waals surface area contributed by atoms with Gasteiger partial charge in [0.2, 0.25) is 0 Å². The molecule has 1 atom stereocenters. The molecular weight excluding hydrogens is 354 g/mol. The van der Waals surface area contributed by atoms with Crippen molar-refractivity contribution < 1.29 is 18.6 Å². The number of ether oxygens (including phenoxy) is 1. The van der Waals surface area contributed by atoms with Crippen LogP contribution in [0.25, 0.3) is 0 Å². The Hall–Kier alpha value is -1.46. The molecule has 0 aliphatic carbocycles. The standard InChI is InChI=1S/C17H17BrF2O2/c1-10-6-13(20)7-11(2)16(10)22-15-5-4-12(8-14(15)18)17(3,21)9-19/h4-8,21H,9H2,1-3H3. The summed E-state index contributed by atoms with van der Waals surface area (Å²) in [6.45, 7) is 4.06. The molecule has 5 heteroatoms. The van der Waals surface area contributed by atoms with Crippen LogP contribution in [0.4, 0.5) is 8.78 Å². The summed E-state index contributed by atoms with van der Waals surface area (Å²) >= 11 is 3.36. The maximum Gasteiger partial charge on any atom is 0.141 e. The monoisotopic (exact) mass is 370 g/mol. The SMILES string of the molecule is Cc1cc(F)cc(C)c1Oc1ccc(C(C)(O)CF)cc1Br. The van der Waals surface area contributed by atoms with Crippen LogP contribution in [0.5, 0.6) is 11.5 Å². The van der Waals surface area contributed by atoms with Gasteiger partial charge in [-0.05, 0) is 77.7 Å². The molecule has 0 bridgehead atoms. The van der Waals surface area contributed by atoms with Gasteiger partial charge in [0.1, 0.15) is 29.6 Å². The molecule has 1 N–H and O–H groups in total. The minimum absolute atomic E-state index is 0.309. The molecule has 0 saturated heterocycles. The number of hydrogen-bond acceptors (Lipinski definition) is 2. The summed E-state index contributed by atoms with van der Waals surface area (Å²) in [6.07, 6.45) is 0. The van der Waals surface area contributed by atoms with E-state index in [0.717, 1.165) is 0 Å². The molecule has 22 heavy (non-hydrogen) atoms. The second-order valence-electron chi connectivity index (χ2n) is 5.52. The first-order valence-electron chi connectivity index (χ1n) is 6.77. The van der Waals surface area contributed by atoms with Gasteiger partial charge in [-0.3, -0.25) is 0 Å². The van der Waals surface area contributed by atoms with Crippen LogP contribution >= 0.6 is 15.9 Å². The van der Waals surface area contributed by atoms with Crippen molar-refractivity contribution >= 4 is 15.9 Å². The van der Waals surface area contributed by atoms with E-state index in [4.69, 9.17) is 4.74 Å². The molecule has 1 unspecified atom stereocenters. The van der Waals surface area contributed by atoms with Crippen molar-refractivity contribution in [2.24, 2.45) is 0 Å². The second kappa shape index (κ2) is 6.34. The first-order valence-corrected chi connectivity index (χ1v) is 7.57. The molecule has 118 valence electrons. The third kappa shape index (κ3) is 3.47. The lowest BCUT2D eigenvalue weighted by atomic mass is 9.98. The van der Waals surface area contributed by atoms with Crippen molar-refractivity contribution in [1.29, 1.82) is 0 Å². The summed E-state index contributed by atoms with van der Waals surface area (Å²) in [7, 11) is 0. The van der Waals surface area contributed by atoms with Gasteiger partial charge in [-0.2, -0.15) is 0 Å². The Labute approximate surface area is 136 Å². The minimum Gasteiger partial charge on any atom is -0.456 e. The predicted molar refractivity (Wildman–Crippen MR) is 85.6 cm³/mol. The van der Waals surface area contributed by atoms with Gasteiger partial charge in [-0.25, -0.2) is 8.78 Å². The van der Waals surface area contributed by atoms with E-state index in [0.29, 0.717) is 32.7 Å². The van der Waals surface area contributed by atoms with Crippen molar-refractivity contribution in [2.45, 2.75) is 26.4 Å². The summed E-state index contributed by atoms with van der Waals surface area (Å²) in [4.78, 5) is 0. The number of halogens is 3. The first-order chi connectivity index (χ1) is 10.2. The van der Waals surface area contributed by atoms with Crippen molar-refractivity contribution in [2.75, 3.05) is 6.67 Å². The van der Waals surface area contributed by atoms with E-state index in [1.54, 1.807) is 32.0 Å². The molecule has 2 nitrogen and oxygen atoms in total. The Morgan fingerprint density at radius 1 is 1.18 bits per heavy atom. The molecule has 0 aliphatic rings. The zero-order valence-electron chi connectivity index (χ0n) is 12.6. The van der Waals surface area contributed by atoms with Gasteiger partial charge in [0.05, 0.1) is 4.47 Å². The van der Waals surface area contributed by atoms with E-state index in [1.165, 1.54) is 19.1 Å². The third-order valence-corrected chi connectivity index (χ3v) is 4.07. The van der Waals surface area contributed by atoms with E-state index >= 15 is 0 Å². The number of aliphatic hydroxyl groups is 1. The Kier molecular flexibility index (Phi) is 4.87. The van der Waals surface area contributed by atoms with E-state index in [1.807, 2.05) is 0 Å². The number of aryl methyl sites for hydroxylation is 2. The van der Waals surface area contributed by atoms with Crippen LogP contribution < -0.4 is 4.74 Å². The topological polar surface area (TPSA) is 29.5 Å². The highest BCUT2D eigenvalue weighted by Crippen LogP contribution is 2.36. The summed E-state index contributed by atoms with van der Waals surface area (Å²) in [5, 5.41) is 9.94. The normalized spacial score (nSPS) is 13.8. The van der Waals surface area contributed by atoms with Crippen LogP contribution in [0.3, 0.4) is 0 Å². The van der Waals surface area contributed by atoms with Crippen LogP contribution in [-0.2, 0) is 5.60 Å². The smallest absolute Gasteiger partial charge is 0.141 e. The fourth-order valence-electron chi connectivity index (χ4n) is 2.16. The quantitative estimate of drug-likeness (QED) is 0.803. The van der Waals surface area contributed by atoms with Crippen LogP contribution in [0.15, 0.2) is 34.8 Å². The predicted octanol–water partition coefficient (Wildman–Crippen LogP) is 5.17. The Morgan fingerprint density at radius 3 is 2.27 bits per heavy atom. The van der Waals surface area contributed by atoms with Crippen molar-refractivity contribution in [3.63, 3.8) is 0 Å². The zero-order valence-corrected chi connectivity index (χ0v) is 14.2. The van der Waals surface area contributed by atoms with Gasteiger partial charge in [0.25, 0.3) is 0 Å². The Balaban J connectivity index is 2.36. The van der Waals surface area contributed by atoms with E-state index in [2.05, 4.69) is 15.9 Å². The molecule has 0 aliphatic heterocycles. The molecule has 2 aromatic carbocycles. The highest BCUT2D eigenvalue weighted by atomic mass is 79.9. The molecule has 0 spiro atoms. The number of benzene rings is 2. The molecule has 0 amide bonds. The largest absolute Gasteiger partial charge is 0.456 e. The molecule has 2 rings (SSSR count). The van der Waals surface area contributed by atoms with E-state index < -0.39 is 12.3 Å². The molecule has 0 radical (unpaired) electrons. The minimum atomic E-state index is -1.54. The lowest BCUT2D eigenvalue weighted by Crippen LogP contribution is -2.23. The first kappa shape index (κ1) is 16.9. The average Bonchev–Trinajstić information content (AvgIpc) is 2.44. The molecule has 0 saturated carbocycles. The number of alkyl halides is 1. The van der Waals surface area contributed by atoms with Gasteiger partial charge < -0.3 is 9.84 Å². The zero-order chi connectivity index (χ0) is 16.5. The summed E-state index contributed by atoms with van der Waals surface area (Å²) in [6, 6.07) is 7.67. The highest BCUT2D eigenvalue weighted by molar-refractivity contribution is 9.10. The number of hydrogen-bond donors (Lipinski definition) is 1. The van der Waals surface area contributed by atoms with Crippen LogP contribution in [-0.4, -0.2) is 11.8 Å². The highest BCUT2D eigenvalue weighted by Gasteiger charge is 2.24. The Morgan fingerprint density at radius 2 is 1.77 bits per heavy atom. The summed E-state index contributed by atoms with van der Waals surface area (Å²) < 4.78 is 32.6. The molecular formula is C17H17BrF2O2. The summed E-state index contributed by atoms with van der Waals surface area (Å²) in [5.41, 5.74) is 0.276. The van der Waals surface area contributed by atoms with Gasteiger partial charge in [-0.1, -0.05) is 6.07 Å². The fraction of sp³-hybridized carbons (Fsp3) is 0.294. The van der Waals surface area contributed by atoms with Gasteiger partial charge in [0.15, 0.2) is 0 Å². The third-order valence-electron chi connectivity index (χ3n) is 3.45. The second-order valence-corrected chi connectivity index (χ2v) is 6.38. The average molecular weight is 371 g/mol. The Bertz CT molecular complexity index is 676. The van der Waals surface area contributed by atoms with E-state index in [9.17, 15) is 13.9 Å². The maximum absolute atomic E-state index is 13.3. The molecule has 0 fully saturated rings. The van der Waals surface area contributed by atoms with Crippen LogP contribution in [0, 0.1) is 19.7 Å². The van der Waals surface area contributed by atoms with Gasteiger partial charge in [0, 0.05) is 0 Å². The van der Waals surface area contributed by atoms with Gasteiger partial charge >= 0.3 is 0 Å². The maximum atomic E-state index is 13.3. The van der Waals surface area contributed by atoms with E-state index in [-0.39, 0.29) is 5.82 Å². The van der Waals surface area contributed by atoms with Gasteiger partial charge in [-0.15, -0.1) is 0 Å². The fourth-order valence-corrected chi connectivity index (χ4v) is 2.62. The van der Waals surface area contributed by atoms with Crippen LogP contribution in [0.2, 0.25) is 0 Å². The van der Waals surface area contributed by atoms with Crippen molar-refractivity contribution in [3.8, 4) is 11.5 Å². The number of rotatable bonds is 4. The molecule has 0 heterocycles.